The van der Waals surface area contributed by atoms with Gasteiger partial charge in [0.05, 0.1) is 5.75 Å². The van der Waals surface area contributed by atoms with Gasteiger partial charge in [-0.3, -0.25) is 9.59 Å². The Morgan fingerprint density at radius 2 is 1.78 bits per heavy atom. The number of halogens is 1. The van der Waals surface area contributed by atoms with Gasteiger partial charge >= 0.3 is 0 Å². The number of carbonyl (C=O) groups excluding carboxylic acids is 2. The van der Waals surface area contributed by atoms with Crippen LogP contribution in [-0.4, -0.2) is 17.4 Å². The Bertz CT molecular complexity index is 738. The second-order valence-electron chi connectivity index (χ2n) is 5.31. The van der Waals surface area contributed by atoms with E-state index in [9.17, 15) is 14.0 Å². The Labute approximate surface area is 139 Å². The van der Waals surface area contributed by atoms with E-state index in [1.54, 1.807) is 6.07 Å². The van der Waals surface area contributed by atoms with Crippen LogP contribution >= 0.6 is 11.8 Å². The first kappa shape index (κ1) is 17.2. The maximum Gasteiger partial charge on any atom is 0.234 e. The molecule has 0 unspecified atom stereocenters. The molecule has 2 aromatic carbocycles. The van der Waals surface area contributed by atoms with Crippen molar-refractivity contribution in [1.29, 1.82) is 0 Å². The zero-order valence-corrected chi connectivity index (χ0v) is 14.1. The molecule has 0 saturated heterocycles. The Kier molecular flexibility index (Phi) is 5.55. The summed E-state index contributed by atoms with van der Waals surface area (Å²) in [7, 11) is 0. The first-order chi connectivity index (χ1) is 10.9. The molecular weight excluding hydrogens is 313 g/mol. The summed E-state index contributed by atoms with van der Waals surface area (Å²) >= 11 is 1.11. The van der Waals surface area contributed by atoms with Crippen LogP contribution < -0.4 is 5.32 Å². The number of amides is 1. The van der Waals surface area contributed by atoms with Crippen molar-refractivity contribution in [2.24, 2.45) is 0 Å². The summed E-state index contributed by atoms with van der Waals surface area (Å²) in [6, 6.07) is 10.1. The average molecular weight is 331 g/mol. The van der Waals surface area contributed by atoms with Crippen LogP contribution in [0.2, 0.25) is 0 Å². The van der Waals surface area contributed by atoms with Crippen molar-refractivity contribution in [3.05, 3.63) is 58.9 Å². The Hall–Kier alpha value is -2.14. The molecule has 2 rings (SSSR count). The van der Waals surface area contributed by atoms with Gasteiger partial charge in [-0.05, 0) is 44.0 Å². The van der Waals surface area contributed by atoms with Crippen LogP contribution in [0.5, 0.6) is 0 Å². The standard InChI is InChI=1S/C18H18FNO2S/c1-11-5-4-6-12(2)18(11)20-17(22)10-23-16-8-7-14(13(3)21)9-15(16)19/h4-9H,10H2,1-3H3,(H,20,22). The highest BCUT2D eigenvalue weighted by molar-refractivity contribution is 8.00. The summed E-state index contributed by atoms with van der Waals surface area (Å²) in [6.45, 7) is 5.24. The van der Waals surface area contributed by atoms with Crippen molar-refractivity contribution in [1.82, 2.24) is 0 Å². The van der Waals surface area contributed by atoms with Crippen molar-refractivity contribution < 1.29 is 14.0 Å². The number of hydrogen-bond acceptors (Lipinski definition) is 3. The first-order valence-corrected chi connectivity index (χ1v) is 8.16. The van der Waals surface area contributed by atoms with E-state index in [4.69, 9.17) is 0 Å². The molecule has 5 heteroatoms. The quantitative estimate of drug-likeness (QED) is 0.653. The highest BCUT2D eigenvalue weighted by Gasteiger charge is 2.11. The number of rotatable bonds is 5. The van der Waals surface area contributed by atoms with E-state index < -0.39 is 5.82 Å². The van der Waals surface area contributed by atoms with Crippen molar-refractivity contribution in [2.75, 3.05) is 11.1 Å². The van der Waals surface area contributed by atoms with Crippen LogP contribution in [0, 0.1) is 19.7 Å². The summed E-state index contributed by atoms with van der Waals surface area (Å²) in [4.78, 5) is 23.6. The normalized spacial score (nSPS) is 10.4. The third-order valence-electron chi connectivity index (χ3n) is 3.44. The van der Waals surface area contributed by atoms with E-state index >= 15 is 0 Å². The largest absolute Gasteiger partial charge is 0.325 e. The van der Waals surface area contributed by atoms with E-state index in [0.29, 0.717) is 10.5 Å². The number of aryl methyl sites for hydroxylation is 2. The average Bonchev–Trinajstić information content (AvgIpc) is 2.49. The van der Waals surface area contributed by atoms with Crippen LogP contribution in [0.1, 0.15) is 28.4 Å². The monoisotopic (exact) mass is 331 g/mol. The second-order valence-corrected chi connectivity index (χ2v) is 6.32. The lowest BCUT2D eigenvalue weighted by Crippen LogP contribution is -2.15. The lowest BCUT2D eigenvalue weighted by molar-refractivity contribution is -0.113. The third-order valence-corrected chi connectivity index (χ3v) is 4.49. The van der Waals surface area contributed by atoms with Crippen LogP contribution in [0.4, 0.5) is 10.1 Å². The predicted octanol–water partition coefficient (Wildman–Crippen LogP) is 4.38. The number of ketones is 1. The van der Waals surface area contributed by atoms with Gasteiger partial charge in [0.2, 0.25) is 5.91 Å². The van der Waals surface area contributed by atoms with Gasteiger partial charge in [0.25, 0.3) is 0 Å². The number of thioether (sulfide) groups is 1. The third kappa shape index (κ3) is 4.42. The van der Waals surface area contributed by atoms with E-state index in [0.717, 1.165) is 28.6 Å². The van der Waals surface area contributed by atoms with Crippen LogP contribution in [0.15, 0.2) is 41.3 Å². The molecule has 2 aromatic rings. The Morgan fingerprint density at radius 3 is 2.35 bits per heavy atom. The molecule has 0 bridgehead atoms. The number of para-hydroxylation sites is 1. The fraction of sp³-hybridized carbons (Fsp3) is 0.222. The summed E-state index contributed by atoms with van der Waals surface area (Å²) in [6.07, 6.45) is 0. The molecule has 0 spiro atoms. The molecule has 0 saturated carbocycles. The number of benzene rings is 2. The minimum Gasteiger partial charge on any atom is -0.325 e. The van der Waals surface area contributed by atoms with Crippen molar-refractivity contribution in [2.45, 2.75) is 25.7 Å². The molecule has 0 aliphatic heterocycles. The van der Waals surface area contributed by atoms with Gasteiger partial charge in [0.1, 0.15) is 5.82 Å². The molecule has 1 N–H and O–H groups in total. The van der Waals surface area contributed by atoms with Crippen LogP contribution in [0.3, 0.4) is 0 Å². The van der Waals surface area contributed by atoms with Crippen molar-refractivity contribution in [3.8, 4) is 0 Å². The topological polar surface area (TPSA) is 46.2 Å². The van der Waals surface area contributed by atoms with E-state index in [2.05, 4.69) is 5.32 Å². The number of carbonyl (C=O) groups is 2. The molecule has 1 amide bonds. The highest BCUT2D eigenvalue weighted by Crippen LogP contribution is 2.24. The molecule has 0 atom stereocenters. The molecule has 23 heavy (non-hydrogen) atoms. The first-order valence-electron chi connectivity index (χ1n) is 7.18. The van der Waals surface area contributed by atoms with E-state index in [1.807, 2.05) is 32.0 Å². The minimum atomic E-state index is -0.484. The van der Waals surface area contributed by atoms with Gasteiger partial charge < -0.3 is 5.32 Å². The fourth-order valence-electron chi connectivity index (χ4n) is 2.17. The molecule has 3 nitrogen and oxygen atoms in total. The fourth-order valence-corrected chi connectivity index (χ4v) is 2.89. The molecule has 0 fully saturated rings. The van der Waals surface area contributed by atoms with E-state index in [-0.39, 0.29) is 17.4 Å². The van der Waals surface area contributed by atoms with Gasteiger partial charge in [-0.2, -0.15) is 0 Å². The van der Waals surface area contributed by atoms with Gasteiger partial charge in [0, 0.05) is 16.1 Å². The molecule has 0 heterocycles. The summed E-state index contributed by atoms with van der Waals surface area (Å²) in [5.74, 6) is -0.761. The van der Waals surface area contributed by atoms with Gasteiger partial charge in [0.15, 0.2) is 5.78 Å². The Morgan fingerprint density at radius 1 is 1.13 bits per heavy atom. The molecule has 0 aliphatic carbocycles. The highest BCUT2D eigenvalue weighted by atomic mass is 32.2. The van der Waals surface area contributed by atoms with Crippen LogP contribution in [-0.2, 0) is 4.79 Å². The smallest absolute Gasteiger partial charge is 0.234 e. The molecule has 120 valence electrons. The van der Waals surface area contributed by atoms with Crippen molar-refractivity contribution in [3.63, 3.8) is 0 Å². The number of anilines is 1. The molecule has 0 aromatic heterocycles. The maximum atomic E-state index is 13.9. The molecule has 0 aliphatic rings. The maximum absolute atomic E-state index is 13.9. The summed E-state index contributed by atoms with van der Waals surface area (Å²) in [5, 5.41) is 2.86. The minimum absolute atomic E-state index is 0.101. The lowest BCUT2D eigenvalue weighted by atomic mass is 10.1. The van der Waals surface area contributed by atoms with Crippen molar-refractivity contribution >= 4 is 29.1 Å². The molecular formula is C18H18FNO2S. The SMILES string of the molecule is CC(=O)c1ccc(SCC(=O)Nc2c(C)cccc2C)c(F)c1. The van der Waals surface area contributed by atoms with E-state index in [1.165, 1.54) is 19.1 Å². The molecule has 0 radical (unpaired) electrons. The number of Topliss-reactive ketones (excluding diaryl/α,β-unsaturated/α-hetero) is 1. The predicted molar refractivity (Wildman–Crippen MR) is 91.7 cm³/mol. The summed E-state index contributed by atoms with van der Waals surface area (Å²) in [5.41, 5.74) is 3.10. The number of hydrogen-bond donors (Lipinski definition) is 1. The lowest BCUT2D eigenvalue weighted by Gasteiger charge is -2.11. The van der Waals surface area contributed by atoms with Crippen LogP contribution in [0.25, 0.3) is 0 Å². The van der Waals surface area contributed by atoms with Gasteiger partial charge in [-0.25, -0.2) is 4.39 Å². The van der Waals surface area contributed by atoms with Gasteiger partial charge in [-0.1, -0.05) is 24.3 Å². The van der Waals surface area contributed by atoms with Gasteiger partial charge in [-0.15, -0.1) is 11.8 Å². The number of nitrogens with one attached hydrogen (secondary N) is 1. The zero-order valence-electron chi connectivity index (χ0n) is 13.3. The Balaban J connectivity index is 2.01. The zero-order chi connectivity index (χ0) is 17.0. The summed E-state index contributed by atoms with van der Waals surface area (Å²) < 4.78 is 13.9. The second kappa shape index (κ2) is 7.42.